The summed E-state index contributed by atoms with van der Waals surface area (Å²) in [7, 11) is 0. The molecule has 0 fully saturated rings. The zero-order valence-corrected chi connectivity index (χ0v) is 12.1. The van der Waals surface area contributed by atoms with Crippen LogP contribution in [0.2, 0.25) is 0 Å². The van der Waals surface area contributed by atoms with Gasteiger partial charge in [-0.3, -0.25) is 13.9 Å². The highest BCUT2D eigenvalue weighted by Crippen LogP contribution is 2.08. The highest BCUT2D eigenvalue weighted by molar-refractivity contribution is 5.69. The lowest BCUT2D eigenvalue weighted by Gasteiger charge is -2.11. The Morgan fingerprint density at radius 3 is 2.55 bits per heavy atom. The molecule has 0 amide bonds. The molecule has 0 aliphatic carbocycles. The number of nitrogens with two attached hydrogens (primary N) is 1. The Balaban J connectivity index is 2.79. The molecule has 0 spiro atoms. The summed E-state index contributed by atoms with van der Waals surface area (Å²) < 4.78 is 2.80. The van der Waals surface area contributed by atoms with Gasteiger partial charge in [-0.1, -0.05) is 13.8 Å². The molecule has 0 radical (unpaired) electrons. The Hall–Kier alpha value is -1.89. The molecule has 3 N–H and O–H groups in total. The molecule has 0 aliphatic rings. The number of H-pyrrole nitrogens is 1. The lowest BCUT2D eigenvalue weighted by Crippen LogP contribution is -2.40. The number of fused-ring (bicyclic) bond motifs is 1. The molecule has 110 valence electrons. The molecule has 0 bridgehead atoms. The number of hydrogen-bond donors (Lipinski definition) is 2. The molecule has 0 unspecified atom stereocenters. The molecule has 2 aromatic rings. The van der Waals surface area contributed by atoms with Gasteiger partial charge in [-0.15, -0.1) is 0 Å². The molecule has 0 atom stereocenters. The standard InChI is InChI=1S/C13H21N5O2/c1-4-17-12(19)10-11(16-9(15-10)5-6-14)18(13(17)20)7-8(2)3/h8H,4-7,14H2,1-3H3,(H,15,16). The van der Waals surface area contributed by atoms with E-state index in [1.54, 1.807) is 11.5 Å². The molecule has 0 saturated carbocycles. The van der Waals surface area contributed by atoms with E-state index in [4.69, 9.17) is 5.73 Å². The molecule has 2 rings (SSSR count). The van der Waals surface area contributed by atoms with Gasteiger partial charge in [0.1, 0.15) is 11.3 Å². The van der Waals surface area contributed by atoms with Crippen LogP contribution in [0, 0.1) is 5.92 Å². The third-order valence-corrected chi connectivity index (χ3v) is 3.16. The zero-order chi connectivity index (χ0) is 14.9. The number of hydrogen-bond acceptors (Lipinski definition) is 4. The summed E-state index contributed by atoms with van der Waals surface area (Å²) in [6.45, 7) is 7.14. The van der Waals surface area contributed by atoms with Crippen LogP contribution in [-0.4, -0.2) is 25.6 Å². The number of nitrogens with one attached hydrogen (secondary N) is 1. The Morgan fingerprint density at radius 1 is 1.30 bits per heavy atom. The molecule has 2 heterocycles. The van der Waals surface area contributed by atoms with Gasteiger partial charge in [-0.2, -0.15) is 0 Å². The number of aromatic nitrogens is 4. The van der Waals surface area contributed by atoms with Crippen molar-refractivity contribution in [2.75, 3.05) is 6.54 Å². The second kappa shape index (κ2) is 5.62. The first-order chi connectivity index (χ1) is 9.49. The largest absolute Gasteiger partial charge is 0.336 e. The molecular formula is C13H21N5O2. The summed E-state index contributed by atoms with van der Waals surface area (Å²) in [6.07, 6.45) is 0.552. The van der Waals surface area contributed by atoms with E-state index in [2.05, 4.69) is 9.97 Å². The maximum absolute atomic E-state index is 12.4. The summed E-state index contributed by atoms with van der Waals surface area (Å²) in [5.41, 5.74) is 5.71. The highest BCUT2D eigenvalue weighted by atomic mass is 16.2. The smallest absolute Gasteiger partial charge is 0.332 e. The van der Waals surface area contributed by atoms with E-state index in [-0.39, 0.29) is 17.2 Å². The number of imidazole rings is 1. The average Bonchev–Trinajstić information content (AvgIpc) is 2.79. The molecule has 0 aromatic carbocycles. The first-order valence-electron chi connectivity index (χ1n) is 6.91. The van der Waals surface area contributed by atoms with Crippen molar-refractivity contribution in [2.45, 2.75) is 40.3 Å². The predicted molar refractivity (Wildman–Crippen MR) is 77.9 cm³/mol. The number of aromatic amines is 1. The van der Waals surface area contributed by atoms with Crippen LogP contribution in [0.1, 0.15) is 26.6 Å². The van der Waals surface area contributed by atoms with Crippen LogP contribution in [-0.2, 0) is 19.5 Å². The zero-order valence-electron chi connectivity index (χ0n) is 12.1. The Bertz CT molecular complexity index is 723. The van der Waals surface area contributed by atoms with E-state index >= 15 is 0 Å². The molecular weight excluding hydrogens is 258 g/mol. The fourth-order valence-corrected chi connectivity index (χ4v) is 2.28. The molecule has 0 saturated heterocycles. The Labute approximate surface area is 116 Å². The van der Waals surface area contributed by atoms with Crippen molar-refractivity contribution in [1.82, 2.24) is 19.1 Å². The maximum Gasteiger partial charge on any atom is 0.332 e. The van der Waals surface area contributed by atoms with Gasteiger partial charge in [0.2, 0.25) is 0 Å². The molecule has 7 nitrogen and oxygen atoms in total. The third-order valence-electron chi connectivity index (χ3n) is 3.16. The molecule has 2 aromatic heterocycles. The van der Waals surface area contributed by atoms with Crippen molar-refractivity contribution < 1.29 is 0 Å². The van der Waals surface area contributed by atoms with Crippen LogP contribution in [0.15, 0.2) is 9.59 Å². The fraction of sp³-hybridized carbons (Fsp3) is 0.615. The van der Waals surface area contributed by atoms with Gasteiger partial charge < -0.3 is 10.7 Å². The number of rotatable bonds is 5. The summed E-state index contributed by atoms with van der Waals surface area (Å²) in [6, 6.07) is 0. The first-order valence-corrected chi connectivity index (χ1v) is 6.91. The van der Waals surface area contributed by atoms with E-state index in [9.17, 15) is 9.59 Å². The topological polar surface area (TPSA) is 98.7 Å². The van der Waals surface area contributed by atoms with Crippen LogP contribution in [0.25, 0.3) is 11.2 Å². The minimum absolute atomic E-state index is 0.286. The maximum atomic E-state index is 12.4. The van der Waals surface area contributed by atoms with Crippen LogP contribution >= 0.6 is 0 Å². The normalized spacial score (nSPS) is 11.7. The second-order valence-corrected chi connectivity index (χ2v) is 5.26. The summed E-state index contributed by atoms with van der Waals surface area (Å²) >= 11 is 0. The van der Waals surface area contributed by atoms with Gasteiger partial charge >= 0.3 is 5.69 Å². The monoisotopic (exact) mass is 279 g/mol. The quantitative estimate of drug-likeness (QED) is 0.808. The van der Waals surface area contributed by atoms with E-state index < -0.39 is 0 Å². The predicted octanol–water partition coefficient (Wildman–Crippen LogP) is 0.0634. The van der Waals surface area contributed by atoms with Gasteiger partial charge in [0.05, 0.1) is 0 Å². The van der Waals surface area contributed by atoms with Crippen molar-refractivity contribution >= 4 is 11.2 Å². The van der Waals surface area contributed by atoms with E-state index in [0.717, 1.165) is 0 Å². The minimum Gasteiger partial charge on any atom is -0.336 e. The summed E-state index contributed by atoms with van der Waals surface area (Å²) in [5.74, 6) is 0.929. The van der Waals surface area contributed by atoms with Gasteiger partial charge in [0.15, 0.2) is 5.65 Å². The SMILES string of the molecule is CCn1c(=O)c2[nH]c(CCN)nc2n(CC(C)C)c1=O. The highest BCUT2D eigenvalue weighted by Gasteiger charge is 2.16. The van der Waals surface area contributed by atoms with Crippen molar-refractivity contribution in [2.24, 2.45) is 11.7 Å². The fourth-order valence-electron chi connectivity index (χ4n) is 2.28. The Morgan fingerprint density at radius 2 is 2.00 bits per heavy atom. The molecule has 0 aliphatic heterocycles. The van der Waals surface area contributed by atoms with Crippen molar-refractivity contribution in [3.05, 3.63) is 26.7 Å². The van der Waals surface area contributed by atoms with E-state index in [1.165, 1.54) is 4.57 Å². The van der Waals surface area contributed by atoms with Gasteiger partial charge in [0.25, 0.3) is 5.56 Å². The van der Waals surface area contributed by atoms with E-state index in [0.29, 0.717) is 43.0 Å². The van der Waals surface area contributed by atoms with Gasteiger partial charge in [0, 0.05) is 19.5 Å². The van der Waals surface area contributed by atoms with Crippen LogP contribution in [0.5, 0.6) is 0 Å². The second-order valence-electron chi connectivity index (χ2n) is 5.26. The van der Waals surface area contributed by atoms with E-state index in [1.807, 2.05) is 13.8 Å². The van der Waals surface area contributed by atoms with Gasteiger partial charge in [-0.05, 0) is 19.4 Å². The molecule has 7 heteroatoms. The summed E-state index contributed by atoms with van der Waals surface area (Å²) in [5, 5.41) is 0. The summed E-state index contributed by atoms with van der Waals surface area (Å²) in [4.78, 5) is 32.0. The van der Waals surface area contributed by atoms with Crippen molar-refractivity contribution in [1.29, 1.82) is 0 Å². The van der Waals surface area contributed by atoms with Crippen molar-refractivity contribution in [3.63, 3.8) is 0 Å². The lowest BCUT2D eigenvalue weighted by atomic mass is 10.2. The van der Waals surface area contributed by atoms with Crippen LogP contribution in [0.3, 0.4) is 0 Å². The molecule has 20 heavy (non-hydrogen) atoms. The van der Waals surface area contributed by atoms with Gasteiger partial charge in [-0.25, -0.2) is 9.78 Å². The number of nitrogens with zero attached hydrogens (tertiary/aromatic N) is 3. The Kier molecular flexibility index (Phi) is 4.08. The van der Waals surface area contributed by atoms with Crippen LogP contribution < -0.4 is 17.0 Å². The first kappa shape index (κ1) is 14.5. The minimum atomic E-state index is -0.316. The van der Waals surface area contributed by atoms with Crippen molar-refractivity contribution in [3.8, 4) is 0 Å². The lowest BCUT2D eigenvalue weighted by molar-refractivity contribution is 0.491. The average molecular weight is 279 g/mol. The third kappa shape index (κ3) is 2.40. The van der Waals surface area contributed by atoms with Crippen LogP contribution in [0.4, 0.5) is 0 Å².